The average molecular weight is 280 g/mol. The van der Waals surface area contributed by atoms with Crippen LogP contribution < -0.4 is 0 Å². The minimum absolute atomic E-state index is 0.0177. The van der Waals surface area contributed by atoms with Crippen molar-refractivity contribution in [2.75, 3.05) is 26.2 Å². The van der Waals surface area contributed by atoms with E-state index < -0.39 is 5.97 Å². The molecule has 112 valence electrons. The highest BCUT2D eigenvalue weighted by Gasteiger charge is 2.25. The van der Waals surface area contributed by atoms with Crippen LogP contribution in [-0.4, -0.2) is 59.0 Å². The number of carboxylic acids is 1. The van der Waals surface area contributed by atoms with Crippen molar-refractivity contribution >= 4 is 11.9 Å². The highest BCUT2D eigenvalue weighted by Crippen LogP contribution is 2.22. The van der Waals surface area contributed by atoms with Crippen LogP contribution >= 0.6 is 0 Å². The van der Waals surface area contributed by atoms with Gasteiger partial charge >= 0.3 is 5.97 Å². The molecular weight excluding hydrogens is 256 g/mol. The number of nitrogens with zero attached hydrogens (tertiary/aromatic N) is 2. The van der Waals surface area contributed by atoms with E-state index in [0.717, 1.165) is 25.7 Å². The van der Waals surface area contributed by atoms with Crippen molar-refractivity contribution in [2.24, 2.45) is 0 Å². The topological polar surface area (TPSA) is 60.9 Å². The molecule has 0 aromatic rings. The van der Waals surface area contributed by atoms with Gasteiger partial charge in [-0.15, -0.1) is 6.42 Å². The van der Waals surface area contributed by atoms with Crippen LogP contribution in [0, 0.1) is 12.3 Å². The molecule has 0 spiro atoms. The Morgan fingerprint density at radius 3 is 2.40 bits per heavy atom. The predicted octanol–water partition coefficient (Wildman–Crippen LogP) is 1.19. The number of terminal acetylenes is 1. The Bertz CT molecular complexity index is 370. The van der Waals surface area contributed by atoms with E-state index in [1.807, 2.05) is 11.8 Å². The minimum Gasteiger partial charge on any atom is -0.480 e. The zero-order valence-corrected chi connectivity index (χ0v) is 12.2. The summed E-state index contributed by atoms with van der Waals surface area (Å²) in [6, 6.07) is 0.304. The van der Waals surface area contributed by atoms with Crippen LogP contribution in [0.1, 0.15) is 39.0 Å². The van der Waals surface area contributed by atoms with E-state index in [2.05, 4.69) is 5.92 Å². The molecule has 0 unspecified atom stereocenters. The number of aliphatic carboxylic acids is 1. The summed E-state index contributed by atoms with van der Waals surface area (Å²) in [6.45, 7) is 2.70. The molecule has 1 fully saturated rings. The maximum atomic E-state index is 12.4. The molecule has 1 N–H and O–H groups in total. The third kappa shape index (κ3) is 5.22. The monoisotopic (exact) mass is 280 g/mol. The molecule has 5 nitrogen and oxygen atoms in total. The Balaban J connectivity index is 2.59. The summed E-state index contributed by atoms with van der Waals surface area (Å²) >= 11 is 0. The number of hydrogen-bond donors (Lipinski definition) is 1. The van der Waals surface area contributed by atoms with Gasteiger partial charge in [-0.2, -0.15) is 0 Å². The quantitative estimate of drug-likeness (QED) is 0.712. The van der Waals surface area contributed by atoms with Gasteiger partial charge in [-0.25, -0.2) is 0 Å². The molecule has 1 aliphatic rings. The minimum atomic E-state index is -0.964. The first-order valence-electron chi connectivity index (χ1n) is 7.25. The summed E-state index contributed by atoms with van der Waals surface area (Å²) in [5, 5.41) is 8.83. The molecule has 1 aliphatic carbocycles. The molecule has 0 aromatic heterocycles. The molecule has 0 aliphatic heterocycles. The summed E-state index contributed by atoms with van der Waals surface area (Å²) in [4.78, 5) is 26.5. The van der Waals surface area contributed by atoms with Crippen molar-refractivity contribution in [2.45, 2.75) is 45.1 Å². The first kappa shape index (κ1) is 16.5. The van der Waals surface area contributed by atoms with Gasteiger partial charge in [-0.1, -0.05) is 25.2 Å². The van der Waals surface area contributed by atoms with Gasteiger partial charge in [-0.05, 0) is 19.8 Å². The summed E-state index contributed by atoms with van der Waals surface area (Å²) in [5.41, 5.74) is 0. The van der Waals surface area contributed by atoms with E-state index in [1.54, 1.807) is 0 Å². The molecule has 0 radical (unpaired) electrons. The molecular formula is C15H24N2O3. The molecule has 0 bridgehead atoms. The van der Waals surface area contributed by atoms with Gasteiger partial charge in [0.25, 0.3) is 0 Å². The van der Waals surface area contributed by atoms with Crippen LogP contribution in [0.4, 0.5) is 0 Å². The fourth-order valence-corrected chi connectivity index (χ4v) is 2.80. The van der Waals surface area contributed by atoms with E-state index in [4.69, 9.17) is 11.5 Å². The van der Waals surface area contributed by atoms with Crippen molar-refractivity contribution in [1.82, 2.24) is 9.80 Å². The third-order valence-electron chi connectivity index (χ3n) is 3.71. The van der Waals surface area contributed by atoms with Crippen molar-refractivity contribution in [3.05, 3.63) is 0 Å². The summed E-state index contributed by atoms with van der Waals surface area (Å²) in [7, 11) is 0. The van der Waals surface area contributed by atoms with Gasteiger partial charge < -0.3 is 10.0 Å². The summed E-state index contributed by atoms with van der Waals surface area (Å²) in [5.74, 6) is 1.43. The Kier molecular flexibility index (Phi) is 7.10. The first-order chi connectivity index (χ1) is 9.58. The van der Waals surface area contributed by atoms with Gasteiger partial charge in [0.2, 0.25) is 5.91 Å². The molecule has 0 saturated heterocycles. The van der Waals surface area contributed by atoms with Crippen LogP contribution in [0.25, 0.3) is 0 Å². The maximum absolute atomic E-state index is 12.4. The molecule has 1 rings (SSSR count). The van der Waals surface area contributed by atoms with Gasteiger partial charge in [0.1, 0.15) is 0 Å². The van der Waals surface area contributed by atoms with Gasteiger partial charge in [0.05, 0.1) is 19.6 Å². The molecule has 1 amide bonds. The van der Waals surface area contributed by atoms with Gasteiger partial charge in [0, 0.05) is 12.6 Å². The number of rotatable bonds is 7. The zero-order chi connectivity index (χ0) is 15.0. The highest BCUT2D eigenvalue weighted by atomic mass is 16.4. The van der Waals surface area contributed by atoms with Crippen molar-refractivity contribution in [3.8, 4) is 12.3 Å². The molecule has 0 heterocycles. The number of likely N-dealkylation sites (N-methyl/N-ethyl adjacent to an activating group) is 1. The molecule has 0 aromatic carbocycles. The Hall–Kier alpha value is -1.54. The number of carboxylic acid groups (broad SMARTS) is 1. The lowest BCUT2D eigenvalue weighted by molar-refractivity contribution is -0.140. The fourth-order valence-electron chi connectivity index (χ4n) is 2.80. The lowest BCUT2D eigenvalue weighted by atomic mass is 9.94. The van der Waals surface area contributed by atoms with Gasteiger partial charge in [0.15, 0.2) is 0 Å². The van der Waals surface area contributed by atoms with Crippen LogP contribution in [0.15, 0.2) is 0 Å². The van der Waals surface area contributed by atoms with Crippen LogP contribution in [0.5, 0.6) is 0 Å². The molecule has 1 saturated carbocycles. The van der Waals surface area contributed by atoms with E-state index in [1.165, 1.54) is 11.3 Å². The second-order valence-corrected chi connectivity index (χ2v) is 5.21. The molecule has 20 heavy (non-hydrogen) atoms. The van der Waals surface area contributed by atoms with E-state index >= 15 is 0 Å². The Morgan fingerprint density at radius 2 is 1.90 bits per heavy atom. The van der Waals surface area contributed by atoms with Crippen molar-refractivity contribution < 1.29 is 14.7 Å². The van der Waals surface area contributed by atoms with Crippen LogP contribution in [0.2, 0.25) is 0 Å². The summed E-state index contributed by atoms with van der Waals surface area (Å²) in [6.07, 6.45) is 10.9. The predicted molar refractivity (Wildman–Crippen MR) is 77.2 cm³/mol. The Morgan fingerprint density at radius 1 is 1.25 bits per heavy atom. The maximum Gasteiger partial charge on any atom is 0.317 e. The number of carbonyl (C=O) groups is 2. The van der Waals surface area contributed by atoms with E-state index in [-0.39, 0.29) is 25.5 Å². The second kappa shape index (κ2) is 8.60. The lowest BCUT2D eigenvalue weighted by Crippen LogP contribution is -2.47. The number of carbonyl (C=O) groups excluding carboxylic acids is 1. The van der Waals surface area contributed by atoms with E-state index in [9.17, 15) is 9.59 Å². The van der Waals surface area contributed by atoms with Gasteiger partial charge in [-0.3, -0.25) is 14.5 Å². The normalized spacial score (nSPS) is 15.8. The third-order valence-corrected chi connectivity index (χ3v) is 3.71. The lowest BCUT2D eigenvalue weighted by Gasteiger charge is -2.34. The average Bonchev–Trinajstić information content (AvgIpc) is 2.40. The first-order valence-corrected chi connectivity index (χ1v) is 7.25. The SMILES string of the molecule is C#CCN(CC(=O)O)CC(=O)N(CC)C1CCCCC1. The van der Waals surface area contributed by atoms with Crippen molar-refractivity contribution in [1.29, 1.82) is 0 Å². The second-order valence-electron chi connectivity index (χ2n) is 5.21. The molecule has 0 atom stereocenters. The zero-order valence-electron chi connectivity index (χ0n) is 12.2. The smallest absolute Gasteiger partial charge is 0.317 e. The standard InChI is InChI=1S/C15H24N2O3/c1-3-10-16(12-15(19)20)11-14(18)17(4-2)13-8-6-5-7-9-13/h1,13H,4-12H2,2H3,(H,19,20). The fraction of sp³-hybridized carbons (Fsp3) is 0.733. The largest absolute Gasteiger partial charge is 0.480 e. The van der Waals surface area contributed by atoms with Crippen LogP contribution in [-0.2, 0) is 9.59 Å². The van der Waals surface area contributed by atoms with Crippen LogP contribution in [0.3, 0.4) is 0 Å². The van der Waals surface area contributed by atoms with E-state index in [0.29, 0.717) is 12.6 Å². The number of amides is 1. The Labute approximate surface area is 120 Å². The summed E-state index contributed by atoms with van der Waals surface area (Å²) < 4.78 is 0. The number of hydrogen-bond acceptors (Lipinski definition) is 3. The highest BCUT2D eigenvalue weighted by molar-refractivity contribution is 5.79. The molecule has 5 heteroatoms. The van der Waals surface area contributed by atoms with Crippen molar-refractivity contribution in [3.63, 3.8) is 0 Å².